The standard InChI is InChI=1S/C22H21N3O/c1-15(21-23-20-10-6-5-9-19(20)22(26)24-21)25(2)14-16-11-12-17-7-3-4-8-18(17)13-16/h3-13,15H,14H2,1-2H3,(H,23,24,26). The molecule has 0 radical (unpaired) electrons. The number of nitrogens with zero attached hydrogens (tertiary/aromatic N) is 2. The molecule has 1 atom stereocenters. The second-order valence-corrected chi connectivity index (χ2v) is 6.74. The third kappa shape index (κ3) is 3.11. The Hall–Kier alpha value is -2.98. The van der Waals surface area contributed by atoms with E-state index < -0.39 is 0 Å². The van der Waals surface area contributed by atoms with E-state index in [2.05, 4.69) is 71.3 Å². The van der Waals surface area contributed by atoms with Crippen molar-refractivity contribution in [1.29, 1.82) is 0 Å². The summed E-state index contributed by atoms with van der Waals surface area (Å²) in [4.78, 5) is 22.1. The van der Waals surface area contributed by atoms with E-state index in [4.69, 9.17) is 0 Å². The van der Waals surface area contributed by atoms with Crippen LogP contribution in [-0.4, -0.2) is 21.9 Å². The van der Waals surface area contributed by atoms with Gasteiger partial charge in [-0.1, -0.05) is 48.5 Å². The van der Waals surface area contributed by atoms with Gasteiger partial charge in [-0.25, -0.2) is 4.98 Å². The summed E-state index contributed by atoms with van der Waals surface area (Å²) in [5.41, 5.74) is 1.88. The van der Waals surface area contributed by atoms with Crippen molar-refractivity contribution in [1.82, 2.24) is 14.9 Å². The monoisotopic (exact) mass is 343 g/mol. The Morgan fingerprint density at radius 3 is 2.58 bits per heavy atom. The molecule has 0 spiro atoms. The molecule has 3 aromatic carbocycles. The predicted molar refractivity (Wildman–Crippen MR) is 106 cm³/mol. The summed E-state index contributed by atoms with van der Waals surface area (Å²) in [5.74, 6) is 0.692. The van der Waals surface area contributed by atoms with Crippen LogP contribution < -0.4 is 5.56 Å². The first-order chi connectivity index (χ1) is 12.6. The van der Waals surface area contributed by atoms with Crippen molar-refractivity contribution in [2.24, 2.45) is 0 Å². The molecule has 26 heavy (non-hydrogen) atoms. The van der Waals surface area contributed by atoms with Gasteiger partial charge in [-0.15, -0.1) is 0 Å². The van der Waals surface area contributed by atoms with Crippen molar-refractivity contribution < 1.29 is 0 Å². The molecule has 0 aliphatic carbocycles. The van der Waals surface area contributed by atoms with Crippen LogP contribution in [0.5, 0.6) is 0 Å². The molecular weight excluding hydrogens is 322 g/mol. The molecule has 0 saturated heterocycles. The van der Waals surface area contributed by atoms with E-state index in [1.807, 2.05) is 18.2 Å². The van der Waals surface area contributed by atoms with E-state index in [1.54, 1.807) is 6.07 Å². The lowest BCUT2D eigenvalue weighted by Gasteiger charge is -2.24. The van der Waals surface area contributed by atoms with Crippen molar-refractivity contribution in [3.63, 3.8) is 0 Å². The summed E-state index contributed by atoms with van der Waals surface area (Å²) in [6.07, 6.45) is 0. The second kappa shape index (κ2) is 6.73. The van der Waals surface area contributed by atoms with E-state index >= 15 is 0 Å². The maximum absolute atomic E-state index is 12.3. The average molecular weight is 343 g/mol. The van der Waals surface area contributed by atoms with Crippen LogP contribution in [0.25, 0.3) is 21.7 Å². The number of H-pyrrole nitrogens is 1. The van der Waals surface area contributed by atoms with Crippen LogP contribution in [0.1, 0.15) is 24.4 Å². The minimum atomic E-state index is -0.0865. The fourth-order valence-corrected chi connectivity index (χ4v) is 3.27. The summed E-state index contributed by atoms with van der Waals surface area (Å²) in [7, 11) is 2.05. The first kappa shape index (κ1) is 16.5. The van der Waals surface area contributed by atoms with Crippen LogP contribution in [0, 0.1) is 0 Å². The number of hydrogen-bond acceptors (Lipinski definition) is 3. The Kier molecular flexibility index (Phi) is 4.27. The molecule has 1 heterocycles. The lowest BCUT2D eigenvalue weighted by molar-refractivity contribution is 0.244. The lowest BCUT2D eigenvalue weighted by Crippen LogP contribution is -2.26. The summed E-state index contributed by atoms with van der Waals surface area (Å²) in [6.45, 7) is 2.84. The van der Waals surface area contributed by atoms with Crippen LogP contribution in [-0.2, 0) is 6.54 Å². The van der Waals surface area contributed by atoms with Gasteiger partial charge in [-0.3, -0.25) is 9.69 Å². The fraction of sp³-hybridized carbons (Fsp3) is 0.182. The van der Waals surface area contributed by atoms with Gasteiger partial charge < -0.3 is 4.98 Å². The largest absolute Gasteiger partial charge is 0.309 e. The normalized spacial score (nSPS) is 12.7. The topological polar surface area (TPSA) is 49.0 Å². The van der Waals surface area contributed by atoms with Crippen LogP contribution >= 0.6 is 0 Å². The minimum absolute atomic E-state index is 0.00113. The predicted octanol–water partition coefficient (Wildman–Crippen LogP) is 4.27. The molecule has 0 fully saturated rings. The van der Waals surface area contributed by atoms with Gasteiger partial charge in [0.15, 0.2) is 0 Å². The van der Waals surface area contributed by atoms with Gasteiger partial charge in [0.05, 0.1) is 16.9 Å². The maximum atomic E-state index is 12.3. The summed E-state index contributed by atoms with van der Waals surface area (Å²) in [6, 6.07) is 22.3. The number of aromatic nitrogens is 2. The van der Waals surface area contributed by atoms with Crippen molar-refractivity contribution in [3.05, 3.63) is 88.5 Å². The Morgan fingerprint density at radius 1 is 1.00 bits per heavy atom. The van der Waals surface area contributed by atoms with Crippen LogP contribution in [0.2, 0.25) is 0 Å². The van der Waals surface area contributed by atoms with Gasteiger partial charge in [0.2, 0.25) is 0 Å². The van der Waals surface area contributed by atoms with Crippen LogP contribution in [0.3, 0.4) is 0 Å². The second-order valence-electron chi connectivity index (χ2n) is 6.74. The van der Waals surface area contributed by atoms with Crippen LogP contribution in [0.4, 0.5) is 0 Å². The van der Waals surface area contributed by atoms with Gasteiger partial charge in [0.1, 0.15) is 5.82 Å². The summed E-state index contributed by atoms with van der Waals surface area (Å²) < 4.78 is 0. The third-order valence-corrected chi connectivity index (χ3v) is 4.93. The molecular formula is C22H21N3O. The molecule has 1 N–H and O–H groups in total. The van der Waals surface area contributed by atoms with Crippen molar-refractivity contribution in [2.45, 2.75) is 19.5 Å². The first-order valence-corrected chi connectivity index (χ1v) is 8.79. The maximum Gasteiger partial charge on any atom is 0.258 e. The number of fused-ring (bicyclic) bond motifs is 2. The molecule has 4 aromatic rings. The zero-order chi connectivity index (χ0) is 18.1. The van der Waals surface area contributed by atoms with Gasteiger partial charge >= 0.3 is 0 Å². The highest BCUT2D eigenvalue weighted by Crippen LogP contribution is 2.21. The van der Waals surface area contributed by atoms with Gasteiger partial charge in [0.25, 0.3) is 5.56 Å². The highest BCUT2D eigenvalue weighted by Gasteiger charge is 2.16. The molecule has 4 rings (SSSR count). The van der Waals surface area contributed by atoms with E-state index in [0.717, 1.165) is 12.1 Å². The quantitative estimate of drug-likeness (QED) is 0.602. The molecule has 0 amide bonds. The number of benzene rings is 3. The molecule has 130 valence electrons. The van der Waals surface area contributed by atoms with E-state index in [9.17, 15) is 4.79 Å². The minimum Gasteiger partial charge on any atom is -0.309 e. The Bertz CT molecular complexity index is 1130. The van der Waals surface area contributed by atoms with Gasteiger partial charge in [-0.05, 0) is 48.5 Å². The Morgan fingerprint density at radius 2 is 1.73 bits per heavy atom. The number of para-hydroxylation sites is 1. The average Bonchev–Trinajstić information content (AvgIpc) is 2.67. The Labute approximate surface area is 152 Å². The smallest absolute Gasteiger partial charge is 0.258 e. The lowest BCUT2D eigenvalue weighted by atomic mass is 10.1. The van der Waals surface area contributed by atoms with Crippen molar-refractivity contribution in [3.8, 4) is 0 Å². The molecule has 1 unspecified atom stereocenters. The molecule has 4 heteroatoms. The first-order valence-electron chi connectivity index (χ1n) is 8.79. The molecule has 4 nitrogen and oxygen atoms in total. The number of nitrogens with one attached hydrogen (secondary N) is 1. The number of rotatable bonds is 4. The molecule has 1 aromatic heterocycles. The highest BCUT2D eigenvalue weighted by molar-refractivity contribution is 5.83. The Balaban J connectivity index is 1.61. The number of aromatic amines is 1. The van der Waals surface area contributed by atoms with Gasteiger partial charge in [-0.2, -0.15) is 0 Å². The summed E-state index contributed by atoms with van der Waals surface area (Å²) in [5, 5.41) is 3.11. The summed E-state index contributed by atoms with van der Waals surface area (Å²) >= 11 is 0. The molecule has 0 bridgehead atoms. The zero-order valence-electron chi connectivity index (χ0n) is 14.9. The fourth-order valence-electron chi connectivity index (χ4n) is 3.27. The van der Waals surface area contributed by atoms with E-state index in [-0.39, 0.29) is 11.6 Å². The van der Waals surface area contributed by atoms with Crippen molar-refractivity contribution >= 4 is 21.7 Å². The zero-order valence-corrected chi connectivity index (χ0v) is 14.9. The van der Waals surface area contributed by atoms with E-state index in [1.165, 1.54) is 16.3 Å². The third-order valence-electron chi connectivity index (χ3n) is 4.93. The molecule has 0 aliphatic rings. The SMILES string of the molecule is CC(c1nc2ccccc2c(=O)[nH]1)N(C)Cc1ccc2ccccc2c1. The molecule has 0 saturated carbocycles. The highest BCUT2D eigenvalue weighted by atomic mass is 16.1. The van der Waals surface area contributed by atoms with Crippen LogP contribution in [0.15, 0.2) is 71.5 Å². The van der Waals surface area contributed by atoms with E-state index in [0.29, 0.717) is 11.2 Å². The van der Waals surface area contributed by atoms with Gasteiger partial charge in [0, 0.05) is 6.54 Å². The molecule has 0 aliphatic heterocycles. The van der Waals surface area contributed by atoms with Crippen molar-refractivity contribution in [2.75, 3.05) is 7.05 Å². The number of hydrogen-bond donors (Lipinski definition) is 1.